The molecule has 1 saturated heterocycles. The summed E-state index contributed by atoms with van der Waals surface area (Å²) in [5.41, 5.74) is 1.92. The molecule has 0 aliphatic carbocycles. The van der Waals surface area contributed by atoms with Crippen molar-refractivity contribution in [2.45, 2.75) is 38.3 Å². The van der Waals surface area contributed by atoms with Crippen LogP contribution in [0.1, 0.15) is 24.0 Å². The SMILES string of the molecule is Cc1ccc(C[C@@H](NC(=O)[C@@H]2CCC(=O)N2)C(=O)O)cc1. The monoisotopic (exact) mass is 290 g/mol. The van der Waals surface area contributed by atoms with E-state index in [1.54, 1.807) is 0 Å². The molecule has 0 spiro atoms. The summed E-state index contributed by atoms with van der Waals surface area (Å²) in [7, 11) is 0. The first kappa shape index (κ1) is 15.0. The molecule has 1 heterocycles. The molecule has 3 N–H and O–H groups in total. The minimum atomic E-state index is -1.09. The third-order valence-electron chi connectivity index (χ3n) is 3.49. The van der Waals surface area contributed by atoms with Gasteiger partial charge in [-0.3, -0.25) is 9.59 Å². The fraction of sp³-hybridized carbons (Fsp3) is 0.400. The summed E-state index contributed by atoms with van der Waals surface area (Å²) in [5, 5.41) is 14.2. The molecule has 0 radical (unpaired) electrons. The number of nitrogens with one attached hydrogen (secondary N) is 2. The number of benzene rings is 1. The second kappa shape index (κ2) is 6.39. The predicted octanol–water partition coefficient (Wildman–Crippen LogP) is 0.386. The maximum absolute atomic E-state index is 12.0. The van der Waals surface area contributed by atoms with E-state index in [2.05, 4.69) is 10.6 Å². The molecule has 21 heavy (non-hydrogen) atoms. The van der Waals surface area contributed by atoms with E-state index in [0.29, 0.717) is 12.8 Å². The second-order valence-corrected chi connectivity index (χ2v) is 5.25. The molecular formula is C15H18N2O4. The molecule has 112 valence electrons. The van der Waals surface area contributed by atoms with Crippen LogP contribution >= 0.6 is 0 Å². The molecule has 1 aliphatic heterocycles. The molecule has 1 aliphatic rings. The van der Waals surface area contributed by atoms with Crippen molar-refractivity contribution >= 4 is 17.8 Å². The van der Waals surface area contributed by atoms with Gasteiger partial charge in [-0.2, -0.15) is 0 Å². The summed E-state index contributed by atoms with van der Waals surface area (Å²) in [4.78, 5) is 34.3. The Labute approximate surface area is 122 Å². The molecule has 0 saturated carbocycles. The fourth-order valence-electron chi connectivity index (χ4n) is 2.24. The van der Waals surface area contributed by atoms with Gasteiger partial charge < -0.3 is 15.7 Å². The molecule has 0 aromatic heterocycles. The van der Waals surface area contributed by atoms with Crippen LogP contribution in [0.5, 0.6) is 0 Å². The molecule has 1 fully saturated rings. The van der Waals surface area contributed by atoms with Crippen molar-refractivity contribution in [3.05, 3.63) is 35.4 Å². The van der Waals surface area contributed by atoms with E-state index in [9.17, 15) is 19.5 Å². The first-order valence-electron chi connectivity index (χ1n) is 6.84. The third-order valence-corrected chi connectivity index (χ3v) is 3.49. The van der Waals surface area contributed by atoms with E-state index >= 15 is 0 Å². The smallest absolute Gasteiger partial charge is 0.326 e. The number of aryl methyl sites for hydroxylation is 1. The van der Waals surface area contributed by atoms with E-state index in [-0.39, 0.29) is 12.3 Å². The summed E-state index contributed by atoms with van der Waals surface area (Å²) in [6, 6.07) is 5.85. The minimum Gasteiger partial charge on any atom is -0.480 e. The van der Waals surface area contributed by atoms with Crippen molar-refractivity contribution in [2.75, 3.05) is 0 Å². The Morgan fingerprint density at radius 1 is 1.38 bits per heavy atom. The van der Waals surface area contributed by atoms with Crippen LogP contribution in [-0.2, 0) is 20.8 Å². The number of hydrogen-bond acceptors (Lipinski definition) is 3. The van der Waals surface area contributed by atoms with Crippen LogP contribution in [0.15, 0.2) is 24.3 Å². The van der Waals surface area contributed by atoms with Crippen LogP contribution in [-0.4, -0.2) is 35.0 Å². The maximum Gasteiger partial charge on any atom is 0.326 e. The average Bonchev–Trinajstić information content (AvgIpc) is 2.87. The van der Waals surface area contributed by atoms with E-state index < -0.39 is 24.0 Å². The molecule has 0 bridgehead atoms. The van der Waals surface area contributed by atoms with Crippen LogP contribution in [0.4, 0.5) is 0 Å². The van der Waals surface area contributed by atoms with E-state index in [1.165, 1.54) is 0 Å². The Bertz CT molecular complexity index is 553. The zero-order chi connectivity index (χ0) is 15.4. The minimum absolute atomic E-state index is 0.180. The van der Waals surface area contributed by atoms with E-state index in [4.69, 9.17) is 0 Å². The van der Waals surface area contributed by atoms with Crippen LogP contribution < -0.4 is 10.6 Å². The van der Waals surface area contributed by atoms with Gasteiger partial charge in [-0.1, -0.05) is 29.8 Å². The highest BCUT2D eigenvalue weighted by Crippen LogP contribution is 2.09. The fourth-order valence-corrected chi connectivity index (χ4v) is 2.24. The van der Waals surface area contributed by atoms with Gasteiger partial charge in [-0.25, -0.2) is 4.79 Å². The number of amides is 2. The summed E-state index contributed by atoms with van der Waals surface area (Å²) >= 11 is 0. The Balaban J connectivity index is 1.99. The highest BCUT2D eigenvalue weighted by Gasteiger charge is 2.30. The van der Waals surface area contributed by atoms with Crippen molar-refractivity contribution < 1.29 is 19.5 Å². The normalized spacial score (nSPS) is 18.9. The van der Waals surface area contributed by atoms with Gasteiger partial charge in [0.15, 0.2) is 0 Å². The summed E-state index contributed by atoms with van der Waals surface area (Å²) < 4.78 is 0. The first-order valence-corrected chi connectivity index (χ1v) is 6.84. The number of rotatable bonds is 5. The van der Waals surface area contributed by atoms with Crippen LogP contribution in [0.25, 0.3) is 0 Å². The van der Waals surface area contributed by atoms with Crippen LogP contribution in [0, 0.1) is 6.92 Å². The predicted molar refractivity (Wildman–Crippen MR) is 75.6 cm³/mol. The molecule has 1 aromatic carbocycles. The highest BCUT2D eigenvalue weighted by atomic mass is 16.4. The Morgan fingerprint density at radius 2 is 2.05 bits per heavy atom. The maximum atomic E-state index is 12.0. The number of carbonyl (C=O) groups excluding carboxylic acids is 2. The van der Waals surface area contributed by atoms with E-state index in [1.807, 2.05) is 31.2 Å². The van der Waals surface area contributed by atoms with Crippen LogP contribution in [0.2, 0.25) is 0 Å². The molecule has 6 heteroatoms. The van der Waals surface area contributed by atoms with Crippen molar-refractivity contribution in [3.63, 3.8) is 0 Å². The number of carbonyl (C=O) groups is 3. The van der Waals surface area contributed by atoms with Gasteiger partial charge in [-0.05, 0) is 18.9 Å². The Hall–Kier alpha value is -2.37. The second-order valence-electron chi connectivity index (χ2n) is 5.25. The lowest BCUT2D eigenvalue weighted by molar-refractivity contribution is -0.142. The zero-order valence-corrected chi connectivity index (χ0v) is 11.8. The Kier molecular flexibility index (Phi) is 4.57. The lowest BCUT2D eigenvalue weighted by Crippen LogP contribution is -2.49. The standard InChI is InChI=1S/C15H18N2O4/c1-9-2-4-10(5-3-9)8-12(15(20)21)17-14(19)11-6-7-13(18)16-11/h2-5,11-12H,6-8H2,1H3,(H,16,18)(H,17,19)(H,20,21)/t11-,12+/m0/s1. The zero-order valence-electron chi connectivity index (χ0n) is 11.8. The van der Waals surface area contributed by atoms with Gasteiger partial charge in [0.2, 0.25) is 11.8 Å². The van der Waals surface area contributed by atoms with Crippen molar-refractivity contribution in [1.82, 2.24) is 10.6 Å². The molecular weight excluding hydrogens is 272 g/mol. The first-order chi connectivity index (χ1) is 9.95. The van der Waals surface area contributed by atoms with Gasteiger partial charge in [0.1, 0.15) is 12.1 Å². The number of hydrogen-bond donors (Lipinski definition) is 3. The largest absolute Gasteiger partial charge is 0.480 e. The summed E-state index contributed by atoms with van der Waals surface area (Å²) in [6.45, 7) is 1.95. The van der Waals surface area contributed by atoms with Crippen molar-refractivity contribution in [2.24, 2.45) is 0 Å². The third kappa shape index (κ3) is 4.05. The topological polar surface area (TPSA) is 95.5 Å². The van der Waals surface area contributed by atoms with Gasteiger partial charge in [0.05, 0.1) is 0 Å². The van der Waals surface area contributed by atoms with Gasteiger partial charge >= 0.3 is 5.97 Å². The van der Waals surface area contributed by atoms with E-state index in [0.717, 1.165) is 11.1 Å². The number of carboxylic acid groups (broad SMARTS) is 1. The van der Waals surface area contributed by atoms with Gasteiger partial charge in [0.25, 0.3) is 0 Å². The summed E-state index contributed by atoms with van der Waals surface area (Å²) in [5.74, 6) is -1.71. The quantitative estimate of drug-likeness (QED) is 0.731. The molecule has 0 unspecified atom stereocenters. The molecule has 2 rings (SSSR count). The Morgan fingerprint density at radius 3 is 2.57 bits per heavy atom. The molecule has 6 nitrogen and oxygen atoms in total. The number of aliphatic carboxylic acids is 1. The highest BCUT2D eigenvalue weighted by molar-refractivity contribution is 5.92. The van der Waals surface area contributed by atoms with Crippen molar-refractivity contribution in [1.29, 1.82) is 0 Å². The lowest BCUT2D eigenvalue weighted by Gasteiger charge is -2.17. The van der Waals surface area contributed by atoms with Gasteiger partial charge in [-0.15, -0.1) is 0 Å². The average molecular weight is 290 g/mol. The lowest BCUT2D eigenvalue weighted by atomic mass is 10.0. The number of carboxylic acids is 1. The molecule has 2 amide bonds. The van der Waals surface area contributed by atoms with Crippen molar-refractivity contribution in [3.8, 4) is 0 Å². The molecule has 1 aromatic rings. The van der Waals surface area contributed by atoms with Crippen LogP contribution in [0.3, 0.4) is 0 Å². The summed E-state index contributed by atoms with van der Waals surface area (Å²) in [6.07, 6.45) is 0.914. The molecule has 2 atom stereocenters. The van der Waals surface area contributed by atoms with Gasteiger partial charge in [0, 0.05) is 12.8 Å².